The minimum atomic E-state index is -0.819. The average molecular weight is 363 g/mol. The first-order valence-electron chi connectivity index (χ1n) is 7.97. The smallest absolute Gasteiger partial charge is 0.404 e. The van der Waals surface area contributed by atoms with Crippen LogP contribution in [0.5, 0.6) is 5.75 Å². The van der Waals surface area contributed by atoms with Crippen molar-refractivity contribution in [1.82, 2.24) is 4.90 Å². The number of primary amides is 1. The molecule has 0 bridgehead atoms. The molecule has 2 aromatic rings. The molecule has 0 fully saturated rings. The lowest BCUT2D eigenvalue weighted by Gasteiger charge is -2.30. The lowest BCUT2D eigenvalue weighted by molar-refractivity contribution is 0.107. The summed E-state index contributed by atoms with van der Waals surface area (Å²) in [5.74, 6) is 0.576. The van der Waals surface area contributed by atoms with Gasteiger partial charge in [-0.05, 0) is 44.3 Å². The van der Waals surface area contributed by atoms with Gasteiger partial charge >= 0.3 is 6.09 Å². The molecular weight excluding hydrogens is 340 g/mol. The Labute approximate surface area is 153 Å². The maximum Gasteiger partial charge on any atom is 0.404 e. The Hall–Kier alpha value is -2.24. The molecule has 134 valence electrons. The number of nitrogens with zero attached hydrogens (tertiary/aromatic N) is 1. The van der Waals surface area contributed by atoms with Crippen LogP contribution in [0.3, 0.4) is 0 Å². The third-order valence-corrected chi connectivity index (χ3v) is 4.31. The van der Waals surface area contributed by atoms with Gasteiger partial charge < -0.3 is 20.1 Å². The van der Waals surface area contributed by atoms with Gasteiger partial charge in [-0.3, -0.25) is 0 Å². The quantitative estimate of drug-likeness (QED) is 0.808. The van der Waals surface area contributed by atoms with Gasteiger partial charge in [0.2, 0.25) is 0 Å². The molecule has 6 heteroatoms. The molecule has 0 heterocycles. The number of nitrogens with two attached hydrogens (primary N) is 1. The number of hydrogen-bond acceptors (Lipinski definition) is 4. The standard InChI is InChI=1S/C19H23ClN2O3/c1-13(22(2)3)18(15-7-5-4-6-8-15)25-17-10-9-14(11-16(17)20)12-24-19(21)23/h4-11,13,18H,12H2,1-3H3,(H2,21,23). The summed E-state index contributed by atoms with van der Waals surface area (Å²) in [6.45, 7) is 2.17. The van der Waals surface area contributed by atoms with Gasteiger partial charge in [0.15, 0.2) is 0 Å². The average Bonchev–Trinajstić information content (AvgIpc) is 2.59. The molecule has 2 unspecified atom stereocenters. The number of rotatable bonds is 7. The van der Waals surface area contributed by atoms with Crippen LogP contribution in [0.25, 0.3) is 0 Å². The van der Waals surface area contributed by atoms with Crippen molar-refractivity contribution in [3.8, 4) is 5.75 Å². The first-order chi connectivity index (χ1) is 11.9. The molecule has 2 rings (SSSR count). The molecule has 0 aliphatic rings. The first kappa shape index (κ1) is 19.1. The van der Waals surface area contributed by atoms with Crippen LogP contribution in [-0.4, -0.2) is 31.1 Å². The van der Waals surface area contributed by atoms with E-state index >= 15 is 0 Å². The number of ether oxygens (including phenoxy) is 2. The monoisotopic (exact) mass is 362 g/mol. The fraction of sp³-hybridized carbons (Fsp3) is 0.316. The molecule has 25 heavy (non-hydrogen) atoms. The molecule has 0 radical (unpaired) electrons. The molecule has 2 N–H and O–H groups in total. The summed E-state index contributed by atoms with van der Waals surface area (Å²) < 4.78 is 11.0. The molecule has 5 nitrogen and oxygen atoms in total. The topological polar surface area (TPSA) is 64.8 Å². The highest BCUT2D eigenvalue weighted by Gasteiger charge is 2.23. The Kier molecular flexibility index (Phi) is 6.67. The fourth-order valence-electron chi connectivity index (χ4n) is 2.38. The van der Waals surface area contributed by atoms with Gasteiger partial charge in [0.25, 0.3) is 0 Å². The van der Waals surface area contributed by atoms with Gasteiger partial charge in [0.1, 0.15) is 18.5 Å². The lowest BCUT2D eigenvalue weighted by atomic mass is 10.0. The zero-order valence-corrected chi connectivity index (χ0v) is 15.4. The zero-order valence-electron chi connectivity index (χ0n) is 14.6. The number of halogens is 1. The summed E-state index contributed by atoms with van der Waals surface area (Å²) >= 11 is 6.35. The van der Waals surface area contributed by atoms with Crippen LogP contribution < -0.4 is 10.5 Å². The maximum absolute atomic E-state index is 10.7. The molecule has 0 aromatic heterocycles. The number of amides is 1. The van der Waals surface area contributed by atoms with Crippen molar-refractivity contribution in [3.05, 3.63) is 64.7 Å². The Bertz CT molecular complexity index is 707. The van der Waals surface area contributed by atoms with Crippen LogP contribution in [0.4, 0.5) is 4.79 Å². The summed E-state index contributed by atoms with van der Waals surface area (Å²) in [5, 5.41) is 0.456. The molecule has 0 aliphatic carbocycles. The summed E-state index contributed by atoms with van der Waals surface area (Å²) in [4.78, 5) is 12.8. The Morgan fingerprint density at radius 3 is 2.44 bits per heavy atom. The SMILES string of the molecule is CC(C(Oc1ccc(COC(N)=O)cc1Cl)c1ccccc1)N(C)C. The molecule has 0 saturated carbocycles. The summed E-state index contributed by atoms with van der Waals surface area (Å²) in [6, 6.07) is 15.4. The van der Waals surface area contributed by atoms with E-state index in [2.05, 4.69) is 11.8 Å². The van der Waals surface area contributed by atoms with E-state index in [0.717, 1.165) is 11.1 Å². The highest BCUT2D eigenvalue weighted by Crippen LogP contribution is 2.32. The van der Waals surface area contributed by atoms with Crippen molar-refractivity contribution in [1.29, 1.82) is 0 Å². The van der Waals surface area contributed by atoms with E-state index in [1.807, 2.05) is 44.4 Å². The van der Waals surface area contributed by atoms with Gasteiger partial charge in [-0.2, -0.15) is 0 Å². The summed E-state index contributed by atoms with van der Waals surface area (Å²) in [6.07, 6.45) is -0.998. The van der Waals surface area contributed by atoms with Gasteiger partial charge in [0, 0.05) is 6.04 Å². The van der Waals surface area contributed by atoms with E-state index in [0.29, 0.717) is 10.8 Å². The van der Waals surface area contributed by atoms with Crippen LogP contribution in [0.2, 0.25) is 5.02 Å². The number of carbonyl (C=O) groups excluding carboxylic acids is 1. The van der Waals surface area contributed by atoms with E-state index in [9.17, 15) is 4.79 Å². The summed E-state index contributed by atoms with van der Waals surface area (Å²) in [5.41, 5.74) is 6.79. The molecule has 2 aromatic carbocycles. The predicted octanol–water partition coefficient (Wildman–Crippen LogP) is 4.01. The predicted molar refractivity (Wildman–Crippen MR) is 98.8 cm³/mol. The second kappa shape index (κ2) is 8.74. The molecule has 2 atom stereocenters. The highest BCUT2D eigenvalue weighted by atomic mass is 35.5. The third kappa shape index (κ3) is 5.37. The fourth-order valence-corrected chi connectivity index (χ4v) is 2.63. The van der Waals surface area contributed by atoms with Crippen LogP contribution in [-0.2, 0) is 11.3 Å². The summed E-state index contributed by atoms with van der Waals surface area (Å²) in [7, 11) is 4.02. The van der Waals surface area contributed by atoms with Crippen molar-refractivity contribution in [2.24, 2.45) is 5.73 Å². The van der Waals surface area contributed by atoms with Gasteiger partial charge in [-0.25, -0.2) is 4.79 Å². The maximum atomic E-state index is 10.7. The second-order valence-electron chi connectivity index (χ2n) is 6.03. The molecule has 1 amide bonds. The lowest BCUT2D eigenvalue weighted by Crippen LogP contribution is -2.34. The number of hydrogen-bond donors (Lipinski definition) is 1. The highest BCUT2D eigenvalue weighted by molar-refractivity contribution is 6.32. The van der Waals surface area contributed by atoms with Crippen molar-refractivity contribution >= 4 is 17.7 Å². The molecule has 0 saturated heterocycles. The van der Waals surface area contributed by atoms with E-state index < -0.39 is 6.09 Å². The van der Waals surface area contributed by atoms with Crippen molar-refractivity contribution in [3.63, 3.8) is 0 Å². The minimum absolute atomic E-state index is 0.0749. The van der Waals surface area contributed by atoms with Crippen LogP contribution in [0.15, 0.2) is 48.5 Å². The van der Waals surface area contributed by atoms with Gasteiger partial charge in [-0.15, -0.1) is 0 Å². The normalized spacial score (nSPS) is 13.3. The van der Waals surface area contributed by atoms with Crippen molar-refractivity contribution in [2.45, 2.75) is 25.7 Å². The van der Waals surface area contributed by atoms with Crippen molar-refractivity contribution < 1.29 is 14.3 Å². The Morgan fingerprint density at radius 1 is 1.20 bits per heavy atom. The van der Waals surface area contributed by atoms with E-state index in [-0.39, 0.29) is 18.8 Å². The molecule has 0 aliphatic heterocycles. The van der Waals surface area contributed by atoms with Crippen molar-refractivity contribution in [2.75, 3.05) is 14.1 Å². The first-order valence-corrected chi connectivity index (χ1v) is 8.35. The minimum Gasteiger partial charge on any atom is -0.483 e. The van der Waals surface area contributed by atoms with E-state index in [1.165, 1.54) is 0 Å². The molecule has 0 spiro atoms. The number of likely N-dealkylation sites (N-methyl/N-ethyl adjacent to an activating group) is 1. The van der Waals surface area contributed by atoms with E-state index in [4.69, 9.17) is 26.8 Å². The van der Waals surface area contributed by atoms with Crippen LogP contribution >= 0.6 is 11.6 Å². The number of benzene rings is 2. The molecular formula is C19H23ClN2O3. The third-order valence-electron chi connectivity index (χ3n) is 4.01. The Morgan fingerprint density at radius 2 is 1.88 bits per heavy atom. The van der Waals surface area contributed by atoms with Crippen LogP contribution in [0.1, 0.15) is 24.2 Å². The van der Waals surface area contributed by atoms with Crippen LogP contribution in [0, 0.1) is 0 Å². The van der Waals surface area contributed by atoms with Gasteiger partial charge in [-0.1, -0.05) is 48.0 Å². The van der Waals surface area contributed by atoms with E-state index in [1.54, 1.807) is 18.2 Å². The van der Waals surface area contributed by atoms with Gasteiger partial charge in [0.05, 0.1) is 5.02 Å². The zero-order chi connectivity index (χ0) is 18.4. The largest absolute Gasteiger partial charge is 0.483 e. The number of carbonyl (C=O) groups is 1. The second-order valence-corrected chi connectivity index (χ2v) is 6.43. The Balaban J connectivity index is 2.22.